The molecule has 1 N–H and O–H groups in total. The van der Waals surface area contributed by atoms with Gasteiger partial charge in [-0.15, -0.1) is 0 Å². The van der Waals surface area contributed by atoms with Crippen LogP contribution in [0.1, 0.15) is 36.2 Å². The highest BCUT2D eigenvalue weighted by Crippen LogP contribution is 2.39. The summed E-state index contributed by atoms with van der Waals surface area (Å²) >= 11 is 6.10. The smallest absolute Gasteiger partial charge is 0.461 e. The summed E-state index contributed by atoms with van der Waals surface area (Å²) < 4.78 is 28.7. The fourth-order valence-electron chi connectivity index (χ4n) is 5.20. The SMILES string of the molecule is CO[C@@H]1[C@H]2OC(=O)O[C@H]2[C@H](Oc2ccc(-c3ccc(Cl)cc3)c(C(=O)NCCCc3ccccc3)c2)OC1(C)C. The Labute approximate surface area is 238 Å². The fourth-order valence-corrected chi connectivity index (χ4v) is 5.33. The van der Waals surface area contributed by atoms with Crippen molar-refractivity contribution in [2.75, 3.05) is 13.7 Å². The molecule has 0 radical (unpaired) electrons. The van der Waals surface area contributed by atoms with Crippen molar-refractivity contribution >= 4 is 23.7 Å². The molecule has 0 unspecified atom stereocenters. The molecule has 0 bridgehead atoms. The van der Waals surface area contributed by atoms with Gasteiger partial charge in [0.2, 0.25) is 12.4 Å². The highest BCUT2D eigenvalue weighted by molar-refractivity contribution is 6.30. The Morgan fingerprint density at radius 3 is 2.45 bits per heavy atom. The van der Waals surface area contributed by atoms with E-state index in [1.165, 1.54) is 12.7 Å². The molecule has 3 aromatic carbocycles. The topological polar surface area (TPSA) is 92.3 Å². The van der Waals surface area contributed by atoms with Gasteiger partial charge in [-0.3, -0.25) is 4.79 Å². The van der Waals surface area contributed by atoms with Crippen molar-refractivity contribution < 1.29 is 33.3 Å². The van der Waals surface area contributed by atoms with Crippen molar-refractivity contribution in [2.24, 2.45) is 0 Å². The first-order valence-electron chi connectivity index (χ1n) is 13.2. The van der Waals surface area contributed by atoms with Crippen LogP contribution in [0.25, 0.3) is 11.1 Å². The third kappa shape index (κ3) is 6.09. The first-order valence-corrected chi connectivity index (χ1v) is 13.6. The number of ether oxygens (including phenoxy) is 5. The summed E-state index contributed by atoms with van der Waals surface area (Å²) in [5, 5.41) is 3.64. The van der Waals surface area contributed by atoms with Gasteiger partial charge in [0.25, 0.3) is 5.91 Å². The van der Waals surface area contributed by atoms with Gasteiger partial charge in [0.1, 0.15) is 11.9 Å². The summed E-state index contributed by atoms with van der Waals surface area (Å²) in [7, 11) is 1.53. The van der Waals surface area contributed by atoms with E-state index in [2.05, 4.69) is 17.4 Å². The van der Waals surface area contributed by atoms with Crippen molar-refractivity contribution in [2.45, 2.75) is 56.9 Å². The summed E-state index contributed by atoms with van der Waals surface area (Å²) in [6.07, 6.45) is -2.21. The van der Waals surface area contributed by atoms with Crippen molar-refractivity contribution in [1.29, 1.82) is 0 Å². The average molecular weight is 566 g/mol. The Hall–Kier alpha value is -3.59. The lowest BCUT2D eigenvalue weighted by Gasteiger charge is -2.45. The first kappa shape index (κ1) is 28.0. The van der Waals surface area contributed by atoms with Crippen molar-refractivity contribution in [3.8, 4) is 16.9 Å². The van der Waals surface area contributed by atoms with Crippen molar-refractivity contribution in [3.05, 3.63) is 88.9 Å². The molecular formula is C31H32ClNO7. The van der Waals surface area contributed by atoms with Gasteiger partial charge in [-0.1, -0.05) is 54.1 Å². The second kappa shape index (κ2) is 11.9. The molecular weight excluding hydrogens is 534 g/mol. The van der Waals surface area contributed by atoms with Crippen LogP contribution in [0.4, 0.5) is 4.79 Å². The molecule has 0 saturated carbocycles. The number of hydrogen-bond donors (Lipinski definition) is 1. The van der Waals surface area contributed by atoms with E-state index in [1.54, 1.807) is 24.3 Å². The van der Waals surface area contributed by atoms with E-state index < -0.39 is 36.4 Å². The van der Waals surface area contributed by atoms with Crippen LogP contribution in [0.2, 0.25) is 5.02 Å². The summed E-state index contributed by atoms with van der Waals surface area (Å²) in [5.41, 5.74) is 2.37. The fraction of sp³-hybridized carbons (Fsp3) is 0.355. The molecule has 40 heavy (non-hydrogen) atoms. The molecule has 4 atom stereocenters. The number of hydrogen-bond acceptors (Lipinski definition) is 7. The molecule has 0 aliphatic carbocycles. The standard InChI is InChI=1S/C31H32ClNO7/c1-31(2)27(36-3)25-26(39-30(35)38-25)29(40-31)37-22-15-16-23(20-11-13-21(32)14-12-20)24(18-22)28(34)33-17-7-10-19-8-5-4-6-9-19/h4-6,8-9,11-16,18,25-27,29H,7,10,17H2,1-3H3,(H,33,34)/t25-,26+,27+,29+/m0/s1. The zero-order valence-corrected chi connectivity index (χ0v) is 23.4. The third-order valence-electron chi connectivity index (χ3n) is 7.13. The lowest BCUT2D eigenvalue weighted by Crippen LogP contribution is -2.62. The number of halogens is 1. The molecule has 8 nitrogen and oxygen atoms in total. The molecule has 2 aliphatic heterocycles. The Kier molecular flexibility index (Phi) is 8.30. The molecule has 1 amide bonds. The minimum Gasteiger partial charge on any atom is -0.461 e. The molecule has 210 valence electrons. The minimum atomic E-state index is -0.971. The molecule has 0 spiro atoms. The Balaban J connectivity index is 1.37. The van der Waals surface area contributed by atoms with Crippen LogP contribution in [0.5, 0.6) is 5.75 Å². The van der Waals surface area contributed by atoms with E-state index in [-0.39, 0.29) is 5.91 Å². The van der Waals surface area contributed by atoms with E-state index in [4.69, 9.17) is 35.3 Å². The van der Waals surface area contributed by atoms with Gasteiger partial charge in [0, 0.05) is 18.7 Å². The second-order valence-corrected chi connectivity index (χ2v) is 10.8. The minimum absolute atomic E-state index is 0.235. The van der Waals surface area contributed by atoms with Crippen molar-refractivity contribution in [3.63, 3.8) is 0 Å². The zero-order chi connectivity index (χ0) is 28.3. The van der Waals surface area contributed by atoms with Gasteiger partial charge in [0.05, 0.1) is 11.2 Å². The van der Waals surface area contributed by atoms with Gasteiger partial charge in [-0.25, -0.2) is 4.79 Å². The van der Waals surface area contributed by atoms with E-state index in [1.807, 2.05) is 50.2 Å². The monoisotopic (exact) mass is 565 g/mol. The summed E-state index contributed by atoms with van der Waals surface area (Å²) in [6, 6.07) is 22.7. The molecule has 9 heteroatoms. The van der Waals surface area contributed by atoms with Gasteiger partial charge < -0.3 is 29.0 Å². The molecule has 2 heterocycles. The molecule has 2 saturated heterocycles. The Morgan fingerprint density at radius 1 is 1.00 bits per heavy atom. The van der Waals surface area contributed by atoms with Crippen LogP contribution < -0.4 is 10.1 Å². The third-order valence-corrected chi connectivity index (χ3v) is 7.38. The zero-order valence-electron chi connectivity index (χ0n) is 22.6. The number of fused-ring (bicyclic) bond motifs is 1. The number of aryl methyl sites for hydroxylation is 1. The summed E-state index contributed by atoms with van der Waals surface area (Å²) in [5.74, 6) is 0.145. The number of benzene rings is 3. The van der Waals surface area contributed by atoms with Crippen LogP contribution in [0.3, 0.4) is 0 Å². The van der Waals surface area contributed by atoms with E-state index in [0.717, 1.165) is 24.0 Å². The number of amides is 1. The number of carbonyl (C=O) groups excluding carboxylic acids is 2. The molecule has 5 rings (SSSR count). The highest BCUT2D eigenvalue weighted by atomic mass is 35.5. The lowest BCUT2D eigenvalue weighted by atomic mass is 9.89. The molecule has 3 aromatic rings. The van der Waals surface area contributed by atoms with Crippen LogP contribution in [-0.4, -0.2) is 55.9 Å². The largest absolute Gasteiger partial charge is 0.509 e. The summed E-state index contributed by atoms with van der Waals surface area (Å²) in [4.78, 5) is 25.4. The van der Waals surface area contributed by atoms with Gasteiger partial charge in [-0.05, 0) is 73.7 Å². The maximum Gasteiger partial charge on any atom is 0.509 e. The average Bonchev–Trinajstić information content (AvgIpc) is 3.33. The van der Waals surface area contributed by atoms with Crippen LogP contribution >= 0.6 is 11.6 Å². The maximum atomic E-state index is 13.4. The number of nitrogens with one attached hydrogen (secondary N) is 1. The molecule has 2 aliphatic rings. The van der Waals surface area contributed by atoms with Crippen LogP contribution in [0.15, 0.2) is 72.8 Å². The van der Waals surface area contributed by atoms with Crippen LogP contribution in [0, 0.1) is 0 Å². The molecule has 2 fully saturated rings. The van der Waals surface area contributed by atoms with E-state index in [9.17, 15) is 9.59 Å². The highest BCUT2D eigenvalue weighted by Gasteiger charge is 2.58. The van der Waals surface area contributed by atoms with Gasteiger partial charge in [-0.2, -0.15) is 0 Å². The Bertz CT molecular complexity index is 1350. The number of carbonyl (C=O) groups is 2. The number of rotatable bonds is 9. The maximum absolute atomic E-state index is 13.4. The Morgan fingerprint density at radius 2 is 1.73 bits per heavy atom. The van der Waals surface area contributed by atoms with Crippen LogP contribution in [-0.2, 0) is 25.4 Å². The lowest BCUT2D eigenvalue weighted by molar-refractivity contribution is -0.282. The summed E-state index contributed by atoms with van der Waals surface area (Å²) in [6.45, 7) is 4.17. The van der Waals surface area contributed by atoms with Gasteiger partial charge in [0.15, 0.2) is 6.10 Å². The number of methoxy groups -OCH3 is 1. The quantitative estimate of drug-likeness (QED) is 0.259. The predicted octanol–water partition coefficient (Wildman–Crippen LogP) is 5.80. The van der Waals surface area contributed by atoms with Crippen molar-refractivity contribution in [1.82, 2.24) is 5.32 Å². The van der Waals surface area contributed by atoms with Gasteiger partial charge >= 0.3 is 6.16 Å². The first-order chi connectivity index (χ1) is 19.2. The van der Waals surface area contributed by atoms with E-state index >= 15 is 0 Å². The molecule has 0 aromatic heterocycles. The normalized spacial score (nSPS) is 23.1. The predicted molar refractivity (Wildman–Crippen MR) is 150 cm³/mol. The second-order valence-electron chi connectivity index (χ2n) is 10.3. The van der Waals surface area contributed by atoms with E-state index in [0.29, 0.717) is 22.9 Å².